The summed E-state index contributed by atoms with van der Waals surface area (Å²) in [5.41, 5.74) is -3.92. The van der Waals surface area contributed by atoms with E-state index in [4.69, 9.17) is 21.1 Å². The molecule has 0 aromatic heterocycles. The molecule has 15 heteroatoms. The van der Waals surface area contributed by atoms with Gasteiger partial charge in [0.05, 0.1) is 34.3 Å². The van der Waals surface area contributed by atoms with Crippen LogP contribution in [-0.2, 0) is 31.9 Å². The molecule has 0 spiro atoms. The Bertz CT molecular complexity index is 1170. The predicted molar refractivity (Wildman–Crippen MR) is 112 cm³/mol. The van der Waals surface area contributed by atoms with Crippen molar-refractivity contribution in [2.45, 2.75) is 17.2 Å². The Morgan fingerprint density at radius 2 is 1.57 bits per heavy atom. The number of hydrogen-bond acceptors (Lipinski definition) is 5. The molecule has 3 rings (SSSR count). The zero-order valence-corrected chi connectivity index (χ0v) is 19.1. The molecule has 192 valence electrons. The summed E-state index contributed by atoms with van der Waals surface area (Å²) in [6, 6.07) is 4.10. The zero-order valence-electron chi connectivity index (χ0n) is 17.5. The van der Waals surface area contributed by atoms with E-state index in [9.17, 15) is 39.6 Å². The molecule has 0 unspecified atom stereocenters. The van der Waals surface area contributed by atoms with E-state index in [0.717, 1.165) is 6.07 Å². The summed E-state index contributed by atoms with van der Waals surface area (Å²) in [5, 5.41) is 1.74. The van der Waals surface area contributed by atoms with E-state index >= 15 is 0 Å². The summed E-state index contributed by atoms with van der Waals surface area (Å²) in [7, 11) is -3.86. The van der Waals surface area contributed by atoms with Crippen LogP contribution in [0.3, 0.4) is 0 Å². The van der Waals surface area contributed by atoms with Gasteiger partial charge in [-0.2, -0.15) is 30.6 Å². The number of rotatable bonds is 6. The standard InChI is InChI=1S/C20H17ClF6N2O5S/c21-16-10-15(35(31,32)29-3-5-33-6-4-29)1-2-17(16)34-11-18(30)28-14-8-12(19(22,23)24)7-13(9-14)20(25,26)27/h1-2,7-10H,3-6,11H2,(H,28,30). The van der Waals surface area contributed by atoms with Crippen LogP contribution in [-0.4, -0.2) is 51.5 Å². The van der Waals surface area contributed by atoms with Crippen LogP contribution in [0.1, 0.15) is 11.1 Å². The lowest BCUT2D eigenvalue weighted by molar-refractivity contribution is -0.143. The molecule has 2 aromatic carbocycles. The quantitative estimate of drug-likeness (QED) is 0.543. The fourth-order valence-corrected chi connectivity index (χ4v) is 4.80. The van der Waals surface area contributed by atoms with Crippen LogP contribution in [0.25, 0.3) is 0 Å². The maximum absolute atomic E-state index is 13.0. The Kier molecular flexibility index (Phi) is 7.89. The molecule has 1 amide bonds. The molecule has 1 fully saturated rings. The largest absolute Gasteiger partial charge is 0.482 e. The van der Waals surface area contributed by atoms with Gasteiger partial charge in [-0.1, -0.05) is 11.6 Å². The number of halogens is 7. The molecular weight excluding hydrogens is 530 g/mol. The van der Waals surface area contributed by atoms with Crippen LogP contribution >= 0.6 is 11.6 Å². The van der Waals surface area contributed by atoms with Gasteiger partial charge in [-0.15, -0.1) is 0 Å². The van der Waals surface area contributed by atoms with Crippen LogP contribution < -0.4 is 10.1 Å². The molecule has 1 aliphatic heterocycles. The van der Waals surface area contributed by atoms with E-state index in [1.807, 2.05) is 5.32 Å². The fraction of sp³-hybridized carbons (Fsp3) is 0.350. The van der Waals surface area contributed by atoms with Gasteiger partial charge in [0.2, 0.25) is 10.0 Å². The third kappa shape index (κ3) is 6.78. The number of carbonyl (C=O) groups excluding carboxylic acids is 1. The zero-order chi connectivity index (χ0) is 26.0. The van der Waals surface area contributed by atoms with Gasteiger partial charge in [0, 0.05) is 18.8 Å². The highest BCUT2D eigenvalue weighted by Gasteiger charge is 2.37. The summed E-state index contributed by atoms with van der Waals surface area (Å²) in [6.07, 6.45) is -10.2. The summed E-state index contributed by atoms with van der Waals surface area (Å²) >= 11 is 6.05. The maximum atomic E-state index is 13.0. The first-order valence-corrected chi connectivity index (χ1v) is 11.6. The van der Waals surface area contributed by atoms with Gasteiger partial charge in [-0.05, 0) is 36.4 Å². The lowest BCUT2D eigenvalue weighted by Crippen LogP contribution is -2.40. The number of amides is 1. The van der Waals surface area contributed by atoms with Crippen LogP contribution in [0, 0.1) is 0 Å². The first-order chi connectivity index (χ1) is 16.2. The third-order valence-corrected chi connectivity index (χ3v) is 6.93. The van der Waals surface area contributed by atoms with E-state index in [-0.39, 0.29) is 48.0 Å². The number of alkyl halides is 6. The van der Waals surface area contributed by atoms with Crippen molar-refractivity contribution in [1.29, 1.82) is 0 Å². The Morgan fingerprint density at radius 3 is 2.09 bits per heavy atom. The molecule has 2 aromatic rings. The van der Waals surface area contributed by atoms with Crippen molar-refractivity contribution in [1.82, 2.24) is 4.31 Å². The van der Waals surface area contributed by atoms with E-state index in [2.05, 4.69) is 0 Å². The van der Waals surface area contributed by atoms with Gasteiger partial charge >= 0.3 is 12.4 Å². The fourth-order valence-electron chi connectivity index (χ4n) is 3.06. The highest BCUT2D eigenvalue weighted by atomic mass is 35.5. The molecule has 1 N–H and O–H groups in total. The molecule has 0 radical (unpaired) electrons. The van der Waals surface area contributed by atoms with Gasteiger partial charge in [0.15, 0.2) is 6.61 Å². The highest BCUT2D eigenvalue weighted by Crippen LogP contribution is 2.37. The Morgan fingerprint density at radius 1 is 1.00 bits per heavy atom. The SMILES string of the molecule is O=C(COc1ccc(S(=O)(=O)N2CCOCC2)cc1Cl)Nc1cc(C(F)(F)F)cc(C(F)(F)F)c1. The minimum atomic E-state index is -5.08. The molecule has 1 heterocycles. The predicted octanol–water partition coefficient (Wildman–Crippen LogP) is 4.42. The Balaban J connectivity index is 1.70. The second kappa shape index (κ2) is 10.2. The van der Waals surface area contributed by atoms with E-state index in [1.165, 1.54) is 16.4 Å². The van der Waals surface area contributed by atoms with Gasteiger partial charge in [-0.25, -0.2) is 8.42 Å². The molecule has 0 saturated carbocycles. The molecular formula is C20H17ClF6N2O5S. The van der Waals surface area contributed by atoms with Crippen molar-refractivity contribution >= 4 is 33.2 Å². The van der Waals surface area contributed by atoms with Crippen molar-refractivity contribution in [3.05, 3.63) is 52.5 Å². The highest BCUT2D eigenvalue weighted by molar-refractivity contribution is 7.89. The Labute approximate surface area is 200 Å². The van der Waals surface area contributed by atoms with E-state index in [1.54, 1.807) is 0 Å². The number of nitrogens with zero attached hydrogens (tertiary/aromatic N) is 1. The van der Waals surface area contributed by atoms with E-state index < -0.39 is 51.7 Å². The topological polar surface area (TPSA) is 84.9 Å². The number of morpholine rings is 1. The van der Waals surface area contributed by atoms with Gasteiger partial charge in [0.25, 0.3) is 5.91 Å². The molecule has 0 bridgehead atoms. The van der Waals surface area contributed by atoms with Crippen LogP contribution in [0.4, 0.5) is 32.0 Å². The average molecular weight is 547 g/mol. The lowest BCUT2D eigenvalue weighted by atomic mass is 10.1. The van der Waals surface area contributed by atoms with Crippen LogP contribution in [0.15, 0.2) is 41.3 Å². The molecule has 1 saturated heterocycles. The summed E-state index contributed by atoms with van der Waals surface area (Å²) in [5.74, 6) is -1.19. The van der Waals surface area contributed by atoms with Gasteiger partial charge in [0.1, 0.15) is 5.75 Å². The van der Waals surface area contributed by atoms with Crippen LogP contribution in [0.5, 0.6) is 5.75 Å². The molecule has 1 aliphatic rings. The van der Waals surface area contributed by atoms with Gasteiger partial charge in [-0.3, -0.25) is 4.79 Å². The summed E-state index contributed by atoms with van der Waals surface area (Å²) in [4.78, 5) is 12.0. The summed E-state index contributed by atoms with van der Waals surface area (Å²) in [6.45, 7) is -0.0416. The first kappa shape index (κ1) is 27.0. The van der Waals surface area contributed by atoms with Crippen molar-refractivity contribution in [2.24, 2.45) is 0 Å². The number of anilines is 1. The normalized spacial score (nSPS) is 15.6. The number of benzene rings is 2. The van der Waals surface area contributed by atoms with E-state index in [0.29, 0.717) is 12.1 Å². The molecule has 35 heavy (non-hydrogen) atoms. The average Bonchev–Trinajstić information content (AvgIpc) is 2.77. The van der Waals surface area contributed by atoms with Crippen LogP contribution in [0.2, 0.25) is 5.02 Å². The molecule has 7 nitrogen and oxygen atoms in total. The second-order valence-corrected chi connectivity index (χ2v) is 9.59. The first-order valence-electron chi connectivity index (χ1n) is 9.77. The monoisotopic (exact) mass is 546 g/mol. The van der Waals surface area contributed by atoms with Crippen molar-refractivity contribution in [3.63, 3.8) is 0 Å². The van der Waals surface area contributed by atoms with Crippen molar-refractivity contribution in [2.75, 3.05) is 38.2 Å². The van der Waals surface area contributed by atoms with Crippen molar-refractivity contribution < 1.29 is 49.0 Å². The van der Waals surface area contributed by atoms with Crippen molar-refractivity contribution in [3.8, 4) is 5.75 Å². The number of sulfonamides is 1. The number of ether oxygens (including phenoxy) is 2. The molecule has 0 atom stereocenters. The Hall–Kier alpha value is -2.55. The smallest absolute Gasteiger partial charge is 0.416 e. The number of nitrogens with one attached hydrogen (secondary N) is 1. The maximum Gasteiger partial charge on any atom is 0.416 e. The van der Waals surface area contributed by atoms with Gasteiger partial charge < -0.3 is 14.8 Å². The second-order valence-electron chi connectivity index (χ2n) is 7.24. The number of carbonyl (C=O) groups is 1. The minimum Gasteiger partial charge on any atom is -0.482 e. The molecule has 0 aliphatic carbocycles. The third-order valence-electron chi connectivity index (χ3n) is 4.74. The number of hydrogen-bond donors (Lipinski definition) is 1. The lowest BCUT2D eigenvalue weighted by Gasteiger charge is -2.26. The minimum absolute atomic E-state index is 0.0710. The summed E-state index contributed by atoms with van der Waals surface area (Å²) < 4.78 is 115.